The summed E-state index contributed by atoms with van der Waals surface area (Å²) >= 11 is 0. The van der Waals surface area contributed by atoms with Crippen molar-refractivity contribution < 1.29 is 93.7 Å². The third kappa shape index (κ3) is 7.64. The van der Waals surface area contributed by atoms with Gasteiger partial charge in [0, 0.05) is 6.42 Å². The van der Waals surface area contributed by atoms with Crippen molar-refractivity contribution in [1.82, 2.24) is 10.9 Å². The molecule has 0 aromatic heterocycles. The fourth-order valence-corrected chi connectivity index (χ4v) is 2.44. The Balaban J connectivity index is 5.48. The molecule has 0 saturated carbocycles. The lowest BCUT2D eigenvalue weighted by Crippen LogP contribution is -2.74. The predicted molar refractivity (Wildman–Crippen MR) is 103 cm³/mol. The summed E-state index contributed by atoms with van der Waals surface area (Å²) in [4.78, 5) is 22.6. The van der Waals surface area contributed by atoms with Crippen LogP contribution in [0, 0.1) is 5.41 Å². The molecule has 0 fully saturated rings. The number of rotatable bonds is 12. The molecule has 2 amide bonds. The Bertz CT molecular complexity index is 946. The summed E-state index contributed by atoms with van der Waals surface area (Å²) in [6.07, 6.45) is -15.0. The van der Waals surface area contributed by atoms with Crippen molar-refractivity contribution in [2.75, 3.05) is 13.2 Å². The van der Waals surface area contributed by atoms with Crippen molar-refractivity contribution >= 4 is 12.2 Å². The van der Waals surface area contributed by atoms with Gasteiger partial charge in [-0.15, -0.1) is 0 Å². The average molecular weight is 664 g/mol. The monoisotopic (exact) mass is 664 g/mol. The molecule has 0 aliphatic carbocycles. The summed E-state index contributed by atoms with van der Waals surface area (Å²) in [5, 5.41) is 0. The number of carbonyl (C=O) groups is 2. The lowest BCUT2D eigenvalue weighted by atomic mass is 9.88. The van der Waals surface area contributed by atoms with E-state index in [1.54, 1.807) is 26.2 Å². The van der Waals surface area contributed by atoms with Gasteiger partial charge in [-0.2, -0.15) is 74.6 Å². The van der Waals surface area contributed by atoms with Crippen LogP contribution >= 0.6 is 0 Å². The maximum Gasteiger partial charge on any atom is 0.460 e. The SMILES string of the molecule is CC(C)(C)CCOC(=O)NNC(=O)OCCCC(F)(F)C(F)(F)C(F)(F)C(F)(F)C(F)(F)C(F)(F)C(F)(F)C(F)(F)F. The van der Waals surface area contributed by atoms with E-state index >= 15 is 0 Å². The van der Waals surface area contributed by atoms with E-state index in [9.17, 15) is 84.2 Å². The van der Waals surface area contributed by atoms with E-state index in [1.807, 2.05) is 0 Å². The normalized spacial score (nSPS) is 14.9. The molecule has 250 valence electrons. The van der Waals surface area contributed by atoms with Crippen molar-refractivity contribution in [3.8, 4) is 0 Å². The summed E-state index contributed by atoms with van der Waals surface area (Å²) in [5.41, 5.74) is 2.68. The third-order valence-corrected chi connectivity index (χ3v) is 5.01. The molecule has 0 rings (SSSR count). The van der Waals surface area contributed by atoms with Gasteiger partial charge in [0.15, 0.2) is 0 Å². The minimum absolute atomic E-state index is 0.159. The summed E-state index contributed by atoms with van der Waals surface area (Å²) in [5.74, 6) is -57.0. The van der Waals surface area contributed by atoms with E-state index in [4.69, 9.17) is 0 Å². The van der Waals surface area contributed by atoms with Crippen molar-refractivity contribution in [2.45, 2.75) is 87.7 Å². The lowest BCUT2D eigenvalue weighted by Gasteiger charge is -2.42. The highest BCUT2D eigenvalue weighted by Crippen LogP contribution is 2.64. The first-order valence-electron chi connectivity index (χ1n) is 10.8. The van der Waals surface area contributed by atoms with E-state index in [0.717, 1.165) is 0 Å². The highest BCUT2D eigenvalue weighted by Gasteiger charge is 2.95. The molecule has 42 heavy (non-hydrogen) atoms. The molecule has 0 aromatic carbocycles. The van der Waals surface area contributed by atoms with Crippen LogP contribution in [0.5, 0.6) is 0 Å². The van der Waals surface area contributed by atoms with Crippen LogP contribution < -0.4 is 10.9 Å². The number of carbonyl (C=O) groups excluding carboxylic acids is 2. The van der Waals surface area contributed by atoms with E-state index in [2.05, 4.69) is 9.47 Å². The Hall–Kier alpha value is -2.65. The maximum absolute atomic E-state index is 13.8. The van der Waals surface area contributed by atoms with Gasteiger partial charge < -0.3 is 9.47 Å². The summed E-state index contributed by atoms with van der Waals surface area (Å²) in [6.45, 7) is 3.68. The van der Waals surface area contributed by atoms with Gasteiger partial charge in [-0.25, -0.2) is 20.4 Å². The van der Waals surface area contributed by atoms with Gasteiger partial charge in [0.05, 0.1) is 13.2 Å². The molecule has 0 saturated heterocycles. The lowest BCUT2D eigenvalue weighted by molar-refractivity contribution is -0.461. The number of hydrogen-bond donors (Lipinski definition) is 2. The van der Waals surface area contributed by atoms with Crippen LogP contribution in [0.15, 0.2) is 0 Å². The molecule has 0 atom stereocenters. The minimum Gasteiger partial charge on any atom is -0.448 e. The fraction of sp³-hybridized carbons (Fsp3) is 0.895. The molecule has 0 heterocycles. The van der Waals surface area contributed by atoms with Crippen molar-refractivity contribution in [1.29, 1.82) is 0 Å². The third-order valence-electron chi connectivity index (χ3n) is 5.01. The van der Waals surface area contributed by atoms with Gasteiger partial charge >= 0.3 is 59.8 Å². The molecule has 0 aromatic rings. The number of alkyl halides is 17. The molecule has 0 aliphatic heterocycles. The van der Waals surface area contributed by atoms with Crippen molar-refractivity contribution in [3.05, 3.63) is 0 Å². The highest BCUT2D eigenvalue weighted by molar-refractivity contribution is 5.73. The van der Waals surface area contributed by atoms with Gasteiger partial charge in [0.1, 0.15) is 0 Å². The predicted octanol–water partition coefficient (Wildman–Crippen LogP) is 7.58. The largest absolute Gasteiger partial charge is 0.460 e. The van der Waals surface area contributed by atoms with E-state index < -0.39 is 79.3 Å². The molecule has 0 spiro atoms. The van der Waals surface area contributed by atoms with Crippen LogP contribution in [0.1, 0.15) is 40.0 Å². The first kappa shape index (κ1) is 39.4. The van der Waals surface area contributed by atoms with Gasteiger partial charge in [0.25, 0.3) is 0 Å². The van der Waals surface area contributed by atoms with E-state index in [1.165, 1.54) is 5.43 Å². The number of hydrazine groups is 1. The average Bonchev–Trinajstić information content (AvgIpc) is 2.78. The summed E-state index contributed by atoms with van der Waals surface area (Å²) < 4.78 is 233. The minimum atomic E-state index is -8.70. The molecule has 23 heteroatoms. The number of amides is 2. The molecule has 0 radical (unpaired) electrons. The van der Waals surface area contributed by atoms with Crippen LogP contribution in [0.2, 0.25) is 0 Å². The number of nitrogens with one attached hydrogen (secondary N) is 2. The number of ether oxygens (including phenoxy) is 2. The Kier molecular flexibility index (Phi) is 11.4. The van der Waals surface area contributed by atoms with Crippen LogP contribution in [0.3, 0.4) is 0 Å². The van der Waals surface area contributed by atoms with Crippen molar-refractivity contribution in [3.63, 3.8) is 0 Å². The second kappa shape index (κ2) is 12.2. The van der Waals surface area contributed by atoms with Gasteiger partial charge in [-0.1, -0.05) is 20.8 Å². The fourth-order valence-electron chi connectivity index (χ4n) is 2.44. The Morgan fingerprint density at radius 3 is 1.19 bits per heavy atom. The topological polar surface area (TPSA) is 76.7 Å². The zero-order valence-electron chi connectivity index (χ0n) is 21.1. The van der Waals surface area contributed by atoms with Gasteiger partial charge in [-0.3, -0.25) is 0 Å². The smallest absolute Gasteiger partial charge is 0.448 e. The second-order valence-electron chi connectivity index (χ2n) is 9.58. The zero-order chi connectivity index (χ0) is 34.0. The quantitative estimate of drug-likeness (QED) is 0.128. The maximum atomic E-state index is 13.8. The first-order chi connectivity index (χ1) is 18.2. The second-order valence-corrected chi connectivity index (χ2v) is 9.58. The van der Waals surface area contributed by atoms with Crippen LogP contribution in [-0.4, -0.2) is 73.0 Å². The molecule has 0 unspecified atom stereocenters. The molecule has 0 bridgehead atoms. The van der Waals surface area contributed by atoms with E-state index in [0.29, 0.717) is 6.42 Å². The zero-order valence-corrected chi connectivity index (χ0v) is 21.1. The first-order valence-corrected chi connectivity index (χ1v) is 10.8. The summed E-state index contributed by atoms with van der Waals surface area (Å²) in [7, 11) is 0. The van der Waals surface area contributed by atoms with E-state index in [-0.39, 0.29) is 12.0 Å². The Morgan fingerprint density at radius 2 is 0.833 bits per heavy atom. The van der Waals surface area contributed by atoms with Gasteiger partial charge in [-0.05, 0) is 18.3 Å². The molecule has 2 N–H and O–H groups in total. The van der Waals surface area contributed by atoms with Crippen LogP contribution in [-0.2, 0) is 9.47 Å². The molecule has 0 aliphatic rings. The van der Waals surface area contributed by atoms with Crippen molar-refractivity contribution in [2.24, 2.45) is 5.41 Å². The number of halogens is 17. The Morgan fingerprint density at radius 1 is 0.500 bits per heavy atom. The highest BCUT2D eigenvalue weighted by atomic mass is 19.4. The van der Waals surface area contributed by atoms with Crippen LogP contribution in [0.4, 0.5) is 84.2 Å². The van der Waals surface area contributed by atoms with Crippen LogP contribution in [0.25, 0.3) is 0 Å². The van der Waals surface area contributed by atoms with Gasteiger partial charge in [0.2, 0.25) is 0 Å². The molecular weight excluding hydrogens is 643 g/mol. The number of hydrogen-bond acceptors (Lipinski definition) is 4. The molecular formula is C19H21F17N2O4. The Labute approximate surface area is 224 Å². The summed E-state index contributed by atoms with van der Waals surface area (Å²) in [6, 6.07) is 0. The molecule has 6 nitrogen and oxygen atoms in total. The standard InChI is InChI=1S/C19H21F17N2O4/c1-11(2,3)6-8-42-10(40)38-37-9(39)41-7-4-5-12(20,21)13(22,23)14(24,25)15(26,27)16(28,29)17(30,31)18(32,33)19(34,35)36/h4-8H2,1-3H3,(H,37,39)(H,38,40).